The van der Waals surface area contributed by atoms with E-state index >= 15 is 0 Å². The van der Waals surface area contributed by atoms with Crippen LogP contribution in [-0.2, 0) is 25.5 Å². The van der Waals surface area contributed by atoms with Crippen molar-refractivity contribution in [3.05, 3.63) is 82.6 Å². The second kappa shape index (κ2) is 10.8. The van der Waals surface area contributed by atoms with Gasteiger partial charge in [-0.3, -0.25) is 9.17 Å². The fourth-order valence-corrected chi connectivity index (χ4v) is 4.63. The minimum absolute atomic E-state index is 0.0216. The predicted molar refractivity (Wildman–Crippen MR) is 136 cm³/mol. The molecule has 0 aliphatic carbocycles. The maximum atomic E-state index is 12.8. The first-order valence-corrected chi connectivity index (χ1v) is 12.8. The molecule has 2 aromatic carbocycles. The van der Waals surface area contributed by atoms with E-state index in [0.29, 0.717) is 28.3 Å². The molecule has 1 atom stereocenters. The smallest absolute Gasteiger partial charge is 0.408 e. The highest BCUT2D eigenvalue weighted by Crippen LogP contribution is 2.36. The number of rotatable bonds is 7. The van der Waals surface area contributed by atoms with Gasteiger partial charge in [-0.1, -0.05) is 53.6 Å². The van der Waals surface area contributed by atoms with Gasteiger partial charge >= 0.3 is 6.09 Å². The second-order valence-electron chi connectivity index (χ2n) is 9.10. The van der Waals surface area contributed by atoms with Crippen molar-refractivity contribution in [3.8, 4) is 11.1 Å². The van der Waals surface area contributed by atoms with Crippen LogP contribution in [0.5, 0.6) is 0 Å². The maximum Gasteiger partial charge on any atom is 0.408 e. The van der Waals surface area contributed by atoms with Crippen LogP contribution >= 0.6 is 11.6 Å². The molecular formula is C26H29ClN2O5S. The standard InChI is InChI=1S/C26H29ClN2O5S/c1-17-11-12-23(35(31,32)33-5)20(13-17)21-15-19(27)16-28-24(21)22(14-18-9-7-6-8-10-18)29-25(30)34-26(2,3)4/h6-13,15-16,22H,14H2,1-5H3,(H,29,30)/t22-/m0/s1. The molecule has 3 rings (SSSR count). The number of carbonyl (C=O) groups excluding carboxylic acids is 1. The Hall–Kier alpha value is -2.94. The molecule has 0 unspecified atom stereocenters. The van der Waals surface area contributed by atoms with Crippen LogP contribution in [-0.4, -0.2) is 32.2 Å². The Morgan fingerprint density at radius 1 is 1.09 bits per heavy atom. The van der Waals surface area contributed by atoms with Crippen LogP contribution in [0.25, 0.3) is 11.1 Å². The van der Waals surface area contributed by atoms with Gasteiger partial charge < -0.3 is 10.1 Å². The van der Waals surface area contributed by atoms with Gasteiger partial charge in [0, 0.05) is 17.3 Å². The number of pyridine rings is 1. The summed E-state index contributed by atoms with van der Waals surface area (Å²) < 4.78 is 35.8. The SMILES string of the molecule is COS(=O)(=O)c1ccc(C)cc1-c1cc(Cl)cnc1[C@H](Cc1ccccc1)NC(=O)OC(C)(C)C. The Kier molecular flexibility index (Phi) is 8.20. The Labute approximate surface area is 211 Å². The number of carbonyl (C=O) groups is 1. The van der Waals surface area contributed by atoms with Crippen molar-refractivity contribution in [1.82, 2.24) is 10.3 Å². The van der Waals surface area contributed by atoms with Crippen molar-refractivity contribution < 1.29 is 22.1 Å². The van der Waals surface area contributed by atoms with E-state index in [2.05, 4.69) is 10.3 Å². The summed E-state index contributed by atoms with van der Waals surface area (Å²) in [7, 11) is -2.93. The highest BCUT2D eigenvalue weighted by Gasteiger charge is 2.27. The summed E-state index contributed by atoms with van der Waals surface area (Å²) in [5, 5.41) is 3.23. The number of hydrogen-bond donors (Lipinski definition) is 1. The maximum absolute atomic E-state index is 12.8. The number of nitrogens with zero attached hydrogens (tertiary/aromatic N) is 1. The lowest BCUT2D eigenvalue weighted by Gasteiger charge is -2.25. The van der Waals surface area contributed by atoms with Gasteiger partial charge in [-0.05, 0) is 57.9 Å². The minimum atomic E-state index is -4.04. The highest BCUT2D eigenvalue weighted by atomic mass is 35.5. The topological polar surface area (TPSA) is 94.6 Å². The van der Waals surface area contributed by atoms with Gasteiger partial charge in [0.05, 0.1) is 23.9 Å². The molecule has 0 radical (unpaired) electrons. The normalized spacial score (nSPS) is 12.7. The number of halogens is 1. The quantitative estimate of drug-likeness (QED) is 0.395. The van der Waals surface area contributed by atoms with Crippen LogP contribution in [0.4, 0.5) is 4.79 Å². The zero-order valence-corrected chi connectivity index (χ0v) is 21.9. The summed E-state index contributed by atoms with van der Waals surface area (Å²) in [5.74, 6) is 0. The Morgan fingerprint density at radius 2 is 1.77 bits per heavy atom. The molecule has 3 aromatic rings. The van der Waals surface area contributed by atoms with Gasteiger partial charge in [0.25, 0.3) is 10.1 Å². The van der Waals surface area contributed by atoms with Gasteiger partial charge in [0.15, 0.2) is 0 Å². The number of alkyl carbamates (subject to hydrolysis) is 1. The number of nitrogens with one attached hydrogen (secondary N) is 1. The van der Waals surface area contributed by atoms with Crippen LogP contribution in [0, 0.1) is 6.92 Å². The molecule has 9 heteroatoms. The van der Waals surface area contributed by atoms with E-state index in [9.17, 15) is 13.2 Å². The average molecular weight is 517 g/mol. The number of hydrogen-bond acceptors (Lipinski definition) is 6. The van der Waals surface area contributed by atoms with Gasteiger partial charge in [0.2, 0.25) is 0 Å². The van der Waals surface area contributed by atoms with E-state index in [1.807, 2.05) is 37.3 Å². The molecule has 0 saturated heterocycles. The molecule has 0 aliphatic heterocycles. The lowest BCUT2D eigenvalue weighted by Crippen LogP contribution is -2.36. The van der Waals surface area contributed by atoms with Crippen molar-refractivity contribution in [2.45, 2.75) is 50.7 Å². The van der Waals surface area contributed by atoms with Gasteiger partial charge in [-0.15, -0.1) is 0 Å². The molecule has 7 nitrogen and oxygen atoms in total. The first kappa shape index (κ1) is 26.7. The number of amides is 1. The van der Waals surface area contributed by atoms with Crippen molar-refractivity contribution in [2.75, 3.05) is 7.11 Å². The molecule has 0 fully saturated rings. The van der Waals surface area contributed by atoms with Crippen LogP contribution in [0.2, 0.25) is 5.02 Å². The molecule has 0 spiro atoms. The van der Waals surface area contributed by atoms with E-state index in [1.54, 1.807) is 39.0 Å². The fraction of sp³-hybridized carbons (Fsp3) is 0.308. The third-order valence-electron chi connectivity index (χ3n) is 5.10. The largest absolute Gasteiger partial charge is 0.444 e. The van der Waals surface area contributed by atoms with Crippen LogP contribution in [0.3, 0.4) is 0 Å². The molecule has 35 heavy (non-hydrogen) atoms. The molecule has 1 amide bonds. The molecule has 0 aliphatic rings. The molecule has 0 bridgehead atoms. The molecule has 0 saturated carbocycles. The Bertz CT molecular complexity index is 1310. The summed E-state index contributed by atoms with van der Waals surface area (Å²) in [6.45, 7) is 7.18. The predicted octanol–water partition coefficient (Wildman–Crippen LogP) is 5.85. The molecule has 1 N–H and O–H groups in total. The number of ether oxygens (including phenoxy) is 1. The van der Waals surface area contributed by atoms with Crippen molar-refractivity contribution in [2.24, 2.45) is 0 Å². The molecular weight excluding hydrogens is 488 g/mol. The number of aromatic nitrogens is 1. The average Bonchev–Trinajstić information content (AvgIpc) is 2.78. The summed E-state index contributed by atoms with van der Waals surface area (Å²) in [4.78, 5) is 17.3. The first-order valence-electron chi connectivity index (χ1n) is 11.0. The summed E-state index contributed by atoms with van der Waals surface area (Å²) >= 11 is 6.31. The fourth-order valence-electron chi connectivity index (χ4n) is 3.62. The molecule has 186 valence electrons. The van der Waals surface area contributed by atoms with Gasteiger partial charge in [-0.2, -0.15) is 8.42 Å². The van der Waals surface area contributed by atoms with Gasteiger partial charge in [-0.25, -0.2) is 4.79 Å². The Morgan fingerprint density at radius 3 is 2.40 bits per heavy atom. The third-order valence-corrected chi connectivity index (χ3v) is 6.64. The monoisotopic (exact) mass is 516 g/mol. The summed E-state index contributed by atoms with van der Waals surface area (Å²) in [6, 6.07) is 15.5. The highest BCUT2D eigenvalue weighted by molar-refractivity contribution is 7.86. The molecule has 1 heterocycles. The summed E-state index contributed by atoms with van der Waals surface area (Å²) in [5.41, 5.74) is 2.37. The molecule has 1 aromatic heterocycles. The first-order chi connectivity index (χ1) is 16.4. The van der Waals surface area contributed by atoms with Crippen LogP contribution in [0.1, 0.15) is 43.6 Å². The lowest BCUT2D eigenvalue weighted by molar-refractivity contribution is 0.0502. The zero-order valence-electron chi connectivity index (χ0n) is 20.3. The van der Waals surface area contributed by atoms with E-state index in [4.69, 9.17) is 20.5 Å². The van der Waals surface area contributed by atoms with E-state index < -0.39 is 27.9 Å². The van der Waals surface area contributed by atoms with Crippen LogP contribution in [0.15, 0.2) is 65.7 Å². The van der Waals surface area contributed by atoms with Gasteiger partial charge in [0.1, 0.15) is 10.5 Å². The van der Waals surface area contributed by atoms with E-state index in [1.165, 1.54) is 12.3 Å². The number of aryl methyl sites for hydroxylation is 1. The summed E-state index contributed by atoms with van der Waals surface area (Å²) in [6.07, 6.45) is 1.24. The number of benzene rings is 2. The van der Waals surface area contributed by atoms with Crippen molar-refractivity contribution in [1.29, 1.82) is 0 Å². The Balaban J connectivity index is 2.19. The minimum Gasteiger partial charge on any atom is -0.444 e. The zero-order chi connectivity index (χ0) is 25.8. The lowest BCUT2D eigenvalue weighted by atomic mass is 9.95. The third kappa shape index (κ3) is 7.04. The van der Waals surface area contributed by atoms with Crippen LogP contribution < -0.4 is 5.32 Å². The van der Waals surface area contributed by atoms with Crippen molar-refractivity contribution >= 4 is 27.8 Å². The van der Waals surface area contributed by atoms with E-state index in [-0.39, 0.29) is 4.90 Å². The van der Waals surface area contributed by atoms with Crippen molar-refractivity contribution in [3.63, 3.8) is 0 Å². The van der Waals surface area contributed by atoms with E-state index in [0.717, 1.165) is 18.2 Å². The second-order valence-corrected chi connectivity index (χ2v) is 11.2.